The van der Waals surface area contributed by atoms with Crippen LogP contribution in [0.3, 0.4) is 0 Å². The molecule has 0 bridgehead atoms. The smallest absolute Gasteiger partial charge is 0.213 e. The van der Waals surface area contributed by atoms with Gasteiger partial charge in [-0.1, -0.05) is 58.0 Å². The molecule has 0 saturated heterocycles. The van der Waals surface area contributed by atoms with Gasteiger partial charge in [0.2, 0.25) is 5.89 Å². The van der Waals surface area contributed by atoms with Crippen molar-refractivity contribution >= 4 is 5.96 Å². The average Bonchev–Trinajstić information content (AvgIpc) is 3.08. The third-order valence-corrected chi connectivity index (χ3v) is 4.16. The topological polar surface area (TPSA) is 62.5 Å². The van der Waals surface area contributed by atoms with Gasteiger partial charge in [0.1, 0.15) is 5.76 Å². The first kappa shape index (κ1) is 19.0. The number of benzene rings is 1. The van der Waals surface area contributed by atoms with Gasteiger partial charge in [-0.3, -0.25) is 4.99 Å². The summed E-state index contributed by atoms with van der Waals surface area (Å²) < 4.78 is 5.79. The van der Waals surface area contributed by atoms with Crippen molar-refractivity contribution in [2.45, 2.75) is 52.0 Å². The summed E-state index contributed by atoms with van der Waals surface area (Å²) >= 11 is 0. The molecule has 1 heterocycles. The molecule has 0 amide bonds. The van der Waals surface area contributed by atoms with Gasteiger partial charge in [0.15, 0.2) is 5.96 Å². The Morgan fingerprint density at radius 1 is 1.20 bits per heavy atom. The summed E-state index contributed by atoms with van der Waals surface area (Å²) in [7, 11) is 1.77. The van der Waals surface area contributed by atoms with Crippen LogP contribution in [-0.4, -0.2) is 24.5 Å². The first-order valence-electron chi connectivity index (χ1n) is 8.85. The van der Waals surface area contributed by atoms with Crippen LogP contribution in [0.4, 0.5) is 0 Å². The number of aliphatic imine (C=N–C) groups is 1. The van der Waals surface area contributed by atoms with Crippen LogP contribution in [0.2, 0.25) is 0 Å². The molecule has 5 heteroatoms. The van der Waals surface area contributed by atoms with Crippen LogP contribution in [0.25, 0.3) is 0 Å². The van der Waals surface area contributed by atoms with Crippen LogP contribution in [0.5, 0.6) is 0 Å². The summed E-state index contributed by atoms with van der Waals surface area (Å²) in [4.78, 5) is 8.58. The van der Waals surface area contributed by atoms with Crippen LogP contribution in [-0.2, 0) is 12.0 Å². The van der Waals surface area contributed by atoms with E-state index in [0.29, 0.717) is 18.4 Å². The highest BCUT2D eigenvalue weighted by molar-refractivity contribution is 5.79. The summed E-state index contributed by atoms with van der Waals surface area (Å²) in [5.74, 6) is 2.83. The summed E-state index contributed by atoms with van der Waals surface area (Å²) in [6.07, 6.45) is 2.84. The molecule has 0 aliphatic heterocycles. The zero-order valence-electron chi connectivity index (χ0n) is 16.0. The minimum absolute atomic E-state index is 0.0290. The molecular weight excluding hydrogens is 312 g/mol. The molecule has 2 N–H and O–H groups in total. The van der Waals surface area contributed by atoms with Gasteiger partial charge in [-0.15, -0.1) is 0 Å². The predicted octanol–water partition coefficient (Wildman–Crippen LogP) is 3.83. The lowest BCUT2D eigenvalue weighted by Crippen LogP contribution is -2.37. The second-order valence-corrected chi connectivity index (χ2v) is 7.32. The zero-order valence-corrected chi connectivity index (χ0v) is 16.0. The monoisotopic (exact) mass is 342 g/mol. The third-order valence-electron chi connectivity index (χ3n) is 4.16. The fourth-order valence-electron chi connectivity index (χ4n) is 2.47. The number of aromatic nitrogens is 1. The van der Waals surface area contributed by atoms with E-state index in [4.69, 9.17) is 4.42 Å². The van der Waals surface area contributed by atoms with Crippen molar-refractivity contribution in [3.05, 3.63) is 53.7 Å². The molecule has 25 heavy (non-hydrogen) atoms. The summed E-state index contributed by atoms with van der Waals surface area (Å²) in [6.45, 7) is 9.95. The average molecular weight is 342 g/mol. The molecule has 5 nitrogen and oxygen atoms in total. The maximum Gasteiger partial charge on any atom is 0.213 e. The van der Waals surface area contributed by atoms with Crippen LogP contribution < -0.4 is 10.6 Å². The third kappa shape index (κ3) is 5.93. The number of oxazole rings is 1. The van der Waals surface area contributed by atoms with Gasteiger partial charge in [-0.2, -0.15) is 0 Å². The maximum absolute atomic E-state index is 5.79. The lowest BCUT2D eigenvalue weighted by molar-refractivity contribution is 0.379. The van der Waals surface area contributed by atoms with Gasteiger partial charge in [0.25, 0.3) is 0 Å². The fraction of sp³-hybridized carbons (Fsp3) is 0.500. The van der Waals surface area contributed by atoms with E-state index in [0.717, 1.165) is 24.7 Å². The lowest BCUT2D eigenvalue weighted by atomic mass is 9.94. The lowest BCUT2D eigenvalue weighted by Gasteiger charge is -2.15. The molecule has 136 valence electrons. The standard InChI is InChI=1S/C20H30N4O/c1-15(16-9-7-6-8-10-16)11-12-22-19(21-5)24-14-18-23-13-17(25-18)20(2,3)4/h6-10,13,15H,11-12,14H2,1-5H3,(H2,21,22,24). The molecule has 0 aliphatic carbocycles. The molecule has 0 spiro atoms. The summed E-state index contributed by atoms with van der Waals surface area (Å²) in [5, 5.41) is 6.59. The van der Waals surface area contributed by atoms with Gasteiger partial charge < -0.3 is 15.1 Å². The van der Waals surface area contributed by atoms with Crippen molar-refractivity contribution in [3.8, 4) is 0 Å². The van der Waals surface area contributed by atoms with Crippen LogP contribution in [0.15, 0.2) is 45.9 Å². The number of guanidine groups is 1. The Morgan fingerprint density at radius 3 is 2.52 bits per heavy atom. The van der Waals surface area contributed by atoms with Gasteiger partial charge in [-0.05, 0) is 17.9 Å². The minimum Gasteiger partial charge on any atom is -0.443 e. The van der Waals surface area contributed by atoms with E-state index in [2.05, 4.69) is 72.6 Å². The molecule has 0 radical (unpaired) electrons. The van der Waals surface area contributed by atoms with Crippen molar-refractivity contribution in [1.82, 2.24) is 15.6 Å². The summed E-state index contributed by atoms with van der Waals surface area (Å²) in [5.41, 5.74) is 1.33. The second kappa shape index (κ2) is 8.70. The van der Waals surface area contributed by atoms with Gasteiger partial charge in [-0.25, -0.2) is 4.98 Å². The molecule has 1 unspecified atom stereocenters. The number of nitrogens with one attached hydrogen (secondary N) is 2. The van der Waals surface area contributed by atoms with E-state index >= 15 is 0 Å². The molecule has 1 atom stereocenters. The van der Waals surface area contributed by atoms with E-state index in [1.54, 1.807) is 13.2 Å². The van der Waals surface area contributed by atoms with E-state index in [9.17, 15) is 0 Å². The fourth-order valence-corrected chi connectivity index (χ4v) is 2.47. The second-order valence-electron chi connectivity index (χ2n) is 7.32. The number of hydrogen-bond donors (Lipinski definition) is 2. The molecule has 0 fully saturated rings. The SMILES string of the molecule is CN=C(NCCC(C)c1ccccc1)NCc1ncc(C(C)(C)C)o1. The molecule has 1 aromatic carbocycles. The first-order valence-corrected chi connectivity index (χ1v) is 8.85. The van der Waals surface area contributed by atoms with Gasteiger partial charge in [0, 0.05) is 19.0 Å². The van der Waals surface area contributed by atoms with Crippen LogP contribution >= 0.6 is 0 Å². The van der Waals surface area contributed by atoms with E-state index < -0.39 is 0 Å². The van der Waals surface area contributed by atoms with Crippen LogP contribution in [0, 0.1) is 0 Å². The van der Waals surface area contributed by atoms with Crippen molar-refractivity contribution in [1.29, 1.82) is 0 Å². The number of nitrogens with zero attached hydrogens (tertiary/aromatic N) is 2. The molecule has 0 saturated carbocycles. The quantitative estimate of drug-likeness (QED) is 0.619. The molecule has 2 rings (SSSR count). The Kier molecular flexibility index (Phi) is 6.62. The van der Waals surface area contributed by atoms with Crippen molar-refractivity contribution in [2.75, 3.05) is 13.6 Å². The highest BCUT2D eigenvalue weighted by Gasteiger charge is 2.19. The number of rotatable bonds is 6. The zero-order chi connectivity index (χ0) is 18.3. The highest BCUT2D eigenvalue weighted by Crippen LogP contribution is 2.22. The van der Waals surface area contributed by atoms with E-state index in [1.807, 2.05) is 6.07 Å². The Labute approximate surface area is 151 Å². The molecule has 2 aromatic rings. The highest BCUT2D eigenvalue weighted by atomic mass is 16.4. The Balaban J connectivity index is 1.76. The molecule has 1 aromatic heterocycles. The van der Waals surface area contributed by atoms with Crippen molar-refractivity contribution < 1.29 is 4.42 Å². The van der Waals surface area contributed by atoms with E-state index in [-0.39, 0.29) is 5.41 Å². The largest absolute Gasteiger partial charge is 0.443 e. The normalized spacial score (nSPS) is 13.6. The van der Waals surface area contributed by atoms with E-state index in [1.165, 1.54) is 5.56 Å². The Bertz CT molecular complexity index is 671. The number of hydrogen-bond acceptors (Lipinski definition) is 3. The van der Waals surface area contributed by atoms with Crippen LogP contribution in [0.1, 0.15) is 57.2 Å². The summed E-state index contributed by atoms with van der Waals surface area (Å²) in [6, 6.07) is 10.6. The predicted molar refractivity (Wildman–Crippen MR) is 103 cm³/mol. The molecular formula is C20H30N4O. The van der Waals surface area contributed by atoms with Crippen molar-refractivity contribution in [3.63, 3.8) is 0 Å². The maximum atomic E-state index is 5.79. The Morgan fingerprint density at radius 2 is 1.92 bits per heavy atom. The molecule has 0 aliphatic rings. The van der Waals surface area contributed by atoms with Crippen molar-refractivity contribution in [2.24, 2.45) is 4.99 Å². The minimum atomic E-state index is -0.0290. The first-order chi connectivity index (χ1) is 11.9. The van der Waals surface area contributed by atoms with Gasteiger partial charge >= 0.3 is 0 Å². The Hall–Kier alpha value is -2.30. The van der Waals surface area contributed by atoms with Gasteiger partial charge in [0.05, 0.1) is 12.7 Å².